The maximum Gasteiger partial charge on any atom is 0.256 e. The molecule has 3 aromatic rings. The summed E-state index contributed by atoms with van der Waals surface area (Å²) in [5, 5.41) is 0. The van der Waals surface area contributed by atoms with E-state index in [2.05, 4.69) is 23.2 Å². The van der Waals surface area contributed by atoms with Crippen LogP contribution in [0.25, 0.3) is 11.3 Å². The molecular weight excluding hydrogens is 308 g/mol. The number of aryl methyl sites for hydroxylation is 1. The summed E-state index contributed by atoms with van der Waals surface area (Å²) < 4.78 is 0. The van der Waals surface area contributed by atoms with Crippen molar-refractivity contribution < 1.29 is 4.79 Å². The Balaban J connectivity index is 1.59. The van der Waals surface area contributed by atoms with E-state index >= 15 is 0 Å². The molecule has 0 N–H and O–H groups in total. The number of nitrogens with zero attached hydrogens (tertiary/aromatic N) is 2. The highest BCUT2D eigenvalue weighted by molar-refractivity contribution is 5.95. The van der Waals surface area contributed by atoms with Gasteiger partial charge in [0.15, 0.2) is 0 Å². The van der Waals surface area contributed by atoms with Crippen molar-refractivity contribution >= 4 is 5.91 Å². The standard InChI is InChI=1S/C22H20N2O/c1-16-20(11-12-21(23-16)18-8-3-2-4-9-18)22(25)24-14-13-17-7-5-6-10-19(17)15-24/h2-12H,13-15H2,1H3. The number of aromatic nitrogens is 1. The van der Waals surface area contributed by atoms with Gasteiger partial charge >= 0.3 is 0 Å². The Hall–Kier alpha value is -2.94. The zero-order valence-electron chi connectivity index (χ0n) is 14.3. The lowest BCUT2D eigenvalue weighted by Gasteiger charge is -2.29. The predicted octanol–water partition coefficient (Wildman–Crippen LogP) is 4.26. The Kier molecular flexibility index (Phi) is 4.06. The third-order valence-corrected chi connectivity index (χ3v) is 4.80. The van der Waals surface area contributed by atoms with Crippen molar-refractivity contribution in [1.82, 2.24) is 9.88 Å². The van der Waals surface area contributed by atoms with E-state index in [4.69, 9.17) is 0 Å². The molecule has 3 nitrogen and oxygen atoms in total. The van der Waals surface area contributed by atoms with Gasteiger partial charge in [-0.15, -0.1) is 0 Å². The fourth-order valence-electron chi connectivity index (χ4n) is 3.40. The number of carbonyl (C=O) groups is 1. The minimum atomic E-state index is 0.0686. The van der Waals surface area contributed by atoms with Crippen LogP contribution in [0.5, 0.6) is 0 Å². The molecule has 1 aliphatic heterocycles. The molecule has 25 heavy (non-hydrogen) atoms. The van der Waals surface area contributed by atoms with Crippen molar-refractivity contribution in [2.75, 3.05) is 6.54 Å². The zero-order valence-corrected chi connectivity index (χ0v) is 14.3. The lowest BCUT2D eigenvalue weighted by Crippen LogP contribution is -2.36. The second-order valence-corrected chi connectivity index (χ2v) is 6.44. The van der Waals surface area contributed by atoms with Gasteiger partial charge in [-0.25, -0.2) is 0 Å². The van der Waals surface area contributed by atoms with Crippen LogP contribution in [0.3, 0.4) is 0 Å². The van der Waals surface area contributed by atoms with E-state index in [1.165, 1.54) is 11.1 Å². The molecule has 1 aromatic heterocycles. The number of carbonyl (C=O) groups excluding carboxylic acids is 1. The monoisotopic (exact) mass is 328 g/mol. The summed E-state index contributed by atoms with van der Waals surface area (Å²) in [7, 11) is 0. The van der Waals surface area contributed by atoms with Crippen molar-refractivity contribution in [1.29, 1.82) is 0 Å². The third kappa shape index (κ3) is 3.05. The molecule has 0 saturated heterocycles. The van der Waals surface area contributed by atoms with Crippen molar-refractivity contribution in [3.63, 3.8) is 0 Å². The number of pyridine rings is 1. The number of rotatable bonds is 2. The van der Waals surface area contributed by atoms with Gasteiger partial charge in [0.2, 0.25) is 0 Å². The van der Waals surface area contributed by atoms with Gasteiger partial charge in [-0.1, -0.05) is 54.6 Å². The van der Waals surface area contributed by atoms with Crippen molar-refractivity contribution in [3.8, 4) is 11.3 Å². The quantitative estimate of drug-likeness (QED) is 0.704. The number of fused-ring (bicyclic) bond motifs is 1. The lowest BCUT2D eigenvalue weighted by molar-refractivity contribution is 0.0733. The molecule has 1 aliphatic rings. The molecule has 1 amide bonds. The summed E-state index contributed by atoms with van der Waals surface area (Å²) in [6, 6.07) is 22.3. The lowest BCUT2D eigenvalue weighted by atomic mass is 9.99. The SMILES string of the molecule is Cc1nc(-c2ccccc2)ccc1C(=O)N1CCc2ccccc2C1. The van der Waals surface area contributed by atoms with Crippen molar-refractivity contribution in [2.24, 2.45) is 0 Å². The van der Waals surface area contributed by atoms with E-state index in [1.807, 2.05) is 60.4 Å². The summed E-state index contributed by atoms with van der Waals surface area (Å²) in [5.41, 5.74) is 6.04. The molecule has 4 rings (SSSR count). The van der Waals surface area contributed by atoms with Crippen LogP contribution in [-0.2, 0) is 13.0 Å². The molecule has 2 heterocycles. The van der Waals surface area contributed by atoms with Crippen molar-refractivity contribution in [3.05, 3.63) is 89.1 Å². The molecule has 0 bridgehead atoms. The number of benzene rings is 2. The normalized spacial score (nSPS) is 13.4. The number of hydrogen-bond donors (Lipinski definition) is 0. The third-order valence-electron chi connectivity index (χ3n) is 4.80. The highest BCUT2D eigenvalue weighted by atomic mass is 16.2. The molecule has 0 atom stereocenters. The van der Waals surface area contributed by atoms with E-state index in [0.717, 1.165) is 29.9 Å². The largest absolute Gasteiger partial charge is 0.334 e. The summed E-state index contributed by atoms with van der Waals surface area (Å²) >= 11 is 0. The maximum absolute atomic E-state index is 13.0. The summed E-state index contributed by atoms with van der Waals surface area (Å²) in [4.78, 5) is 19.5. The predicted molar refractivity (Wildman–Crippen MR) is 99.3 cm³/mol. The number of amides is 1. The Bertz CT molecular complexity index is 918. The molecule has 3 heteroatoms. The highest BCUT2D eigenvalue weighted by Crippen LogP contribution is 2.23. The van der Waals surface area contributed by atoms with Crippen LogP contribution in [0.4, 0.5) is 0 Å². The first-order valence-corrected chi connectivity index (χ1v) is 8.61. The average molecular weight is 328 g/mol. The first kappa shape index (κ1) is 15.6. The molecule has 2 aromatic carbocycles. The first-order chi connectivity index (χ1) is 12.2. The molecule has 0 spiro atoms. The van der Waals surface area contributed by atoms with Crippen molar-refractivity contribution in [2.45, 2.75) is 19.9 Å². The smallest absolute Gasteiger partial charge is 0.256 e. The van der Waals surface area contributed by atoms with Gasteiger partial charge in [0.1, 0.15) is 0 Å². The molecule has 0 aliphatic carbocycles. The Labute approximate surface area is 148 Å². The van der Waals surface area contributed by atoms with Gasteiger partial charge in [-0.3, -0.25) is 9.78 Å². The van der Waals surface area contributed by atoms with Crippen LogP contribution in [0.15, 0.2) is 66.7 Å². The fourth-order valence-corrected chi connectivity index (χ4v) is 3.40. The van der Waals surface area contributed by atoms with Crippen LogP contribution in [0.1, 0.15) is 27.2 Å². The second kappa shape index (κ2) is 6.52. The molecule has 0 radical (unpaired) electrons. The molecule has 0 saturated carbocycles. The second-order valence-electron chi connectivity index (χ2n) is 6.44. The van der Waals surface area contributed by atoms with Gasteiger partial charge in [-0.2, -0.15) is 0 Å². The van der Waals surface area contributed by atoms with Crippen LogP contribution < -0.4 is 0 Å². The Morgan fingerprint density at radius 2 is 1.64 bits per heavy atom. The van der Waals surface area contributed by atoms with Gasteiger partial charge in [0, 0.05) is 18.7 Å². The average Bonchev–Trinajstić information content (AvgIpc) is 2.67. The van der Waals surface area contributed by atoms with E-state index < -0.39 is 0 Å². The molecule has 0 unspecified atom stereocenters. The Morgan fingerprint density at radius 1 is 0.920 bits per heavy atom. The fraction of sp³-hybridized carbons (Fsp3) is 0.182. The van der Waals surface area contributed by atoms with E-state index in [0.29, 0.717) is 12.1 Å². The zero-order chi connectivity index (χ0) is 17.2. The van der Waals surface area contributed by atoms with E-state index in [-0.39, 0.29) is 5.91 Å². The van der Waals surface area contributed by atoms with Crippen LogP contribution in [0, 0.1) is 6.92 Å². The minimum Gasteiger partial charge on any atom is -0.334 e. The van der Waals surface area contributed by atoms with Gasteiger partial charge in [-0.05, 0) is 36.6 Å². The van der Waals surface area contributed by atoms with E-state index in [1.54, 1.807) is 0 Å². The summed E-state index contributed by atoms with van der Waals surface area (Å²) in [6.45, 7) is 3.35. The van der Waals surface area contributed by atoms with E-state index in [9.17, 15) is 4.79 Å². The highest BCUT2D eigenvalue weighted by Gasteiger charge is 2.23. The molecule has 124 valence electrons. The number of hydrogen-bond acceptors (Lipinski definition) is 2. The van der Waals surface area contributed by atoms with Gasteiger partial charge in [0.05, 0.1) is 17.0 Å². The minimum absolute atomic E-state index is 0.0686. The topological polar surface area (TPSA) is 33.2 Å². The summed E-state index contributed by atoms with van der Waals surface area (Å²) in [6.07, 6.45) is 0.913. The Morgan fingerprint density at radius 3 is 2.40 bits per heavy atom. The molecular formula is C22H20N2O. The summed E-state index contributed by atoms with van der Waals surface area (Å²) in [5.74, 6) is 0.0686. The first-order valence-electron chi connectivity index (χ1n) is 8.61. The van der Waals surface area contributed by atoms with Gasteiger partial charge < -0.3 is 4.90 Å². The van der Waals surface area contributed by atoms with Gasteiger partial charge in [0.25, 0.3) is 5.91 Å². The molecule has 0 fully saturated rings. The maximum atomic E-state index is 13.0. The van der Waals surface area contributed by atoms with Crippen LogP contribution >= 0.6 is 0 Å². The van der Waals surface area contributed by atoms with Crippen LogP contribution in [-0.4, -0.2) is 22.3 Å². The van der Waals surface area contributed by atoms with Crippen LogP contribution in [0.2, 0.25) is 0 Å².